The molecule has 2 aliphatic rings. The summed E-state index contributed by atoms with van der Waals surface area (Å²) in [5.41, 5.74) is 4.49. The first-order valence-corrected chi connectivity index (χ1v) is 16.9. The molecule has 41 heavy (non-hydrogen) atoms. The van der Waals surface area contributed by atoms with Gasteiger partial charge in [-0.1, -0.05) is 107 Å². The van der Waals surface area contributed by atoms with Gasteiger partial charge in [-0.25, -0.2) is 0 Å². The van der Waals surface area contributed by atoms with Gasteiger partial charge in [-0.2, -0.15) is 0 Å². The maximum absolute atomic E-state index is 6.28. The lowest BCUT2D eigenvalue weighted by Crippen LogP contribution is -2.45. The molecule has 2 heterocycles. The summed E-state index contributed by atoms with van der Waals surface area (Å²) in [6.07, 6.45) is 1.25. The molecule has 0 saturated carbocycles. The molecule has 0 aromatic heterocycles. The van der Waals surface area contributed by atoms with E-state index < -0.39 is 17.2 Å². The average Bonchev–Trinajstić information content (AvgIpc) is 2.87. The Morgan fingerprint density at radius 2 is 1.02 bits per heavy atom. The first-order chi connectivity index (χ1) is 19.0. The van der Waals surface area contributed by atoms with Crippen molar-refractivity contribution in [3.05, 3.63) is 58.7 Å². The van der Waals surface area contributed by atoms with Crippen molar-refractivity contribution in [2.75, 3.05) is 26.4 Å². The van der Waals surface area contributed by atoms with Crippen LogP contribution in [0.3, 0.4) is 0 Å². The van der Waals surface area contributed by atoms with Gasteiger partial charge in [-0.3, -0.25) is 0 Å². The van der Waals surface area contributed by atoms with Crippen molar-refractivity contribution >= 4 is 17.2 Å². The highest BCUT2D eigenvalue weighted by molar-refractivity contribution is 7.42. The van der Waals surface area contributed by atoms with Gasteiger partial charge < -0.3 is 27.1 Å². The molecule has 6 nitrogen and oxygen atoms in total. The van der Waals surface area contributed by atoms with Crippen molar-refractivity contribution < 1.29 is 27.1 Å². The van der Waals surface area contributed by atoms with Crippen molar-refractivity contribution in [1.82, 2.24) is 0 Å². The van der Waals surface area contributed by atoms with E-state index in [9.17, 15) is 0 Å². The molecule has 2 fully saturated rings. The summed E-state index contributed by atoms with van der Waals surface area (Å²) in [7, 11) is -2.98. The summed E-state index contributed by atoms with van der Waals surface area (Å²) in [6, 6.07) is 12.7. The molecule has 0 N–H and O–H groups in total. The molecule has 4 rings (SSSR count). The second-order valence-corrected chi connectivity index (χ2v) is 16.7. The predicted molar refractivity (Wildman–Crippen MR) is 171 cm³/mol. The lowest BCUT2D eigenvalue weighted by atomic mass is 9.80. The third-order valence-corrected chi connectivity index (χ3v) is 9.00. The fraction of sp³-hybridized carbons (Fsp3) is 0.636. The quantitative estimate of drug-likeness (QED) is 0.323. The highest BCUT2D eigenvalue weighted by Crippen LogP contribution is 2.54. The maximum Gasteiger partial charge on any atom is 0.397 e. The van der Waals surface area contributed by atoms with E-state index in [1.807, 2.05) is 12.1 Å². The first kappa shape index (κ1) is 34.2. The van der Waals surface area contributed by atoms with Gasteiger partial charge >= 0.3 is 17.2 Å². The van der Waals surface area contributed by atoms with E-state index in [1.54, 1.807) is 0 Å². The van der Waals surface area contributed by atoms with Crippen molar-refractivity contribution in [3.8, 4) is 11.5 Å². The standard InChI is InChI=1S/C30H44O6P2.C3H8/c1-21-15-22(27(2,3)4)11-13-25(21)35-37-31-17-30(18-32-37)19-33-38(34-20-30)36-26-14-12-23(28(5,6)7)16-24(26)29(8,9)10;1-3-2/h11-16H,17-20H2,1-10H3;3H2,1-2H3. The minimum atomic E-state index is -1.51. The van der Waals surface area contributed by atoms with Crippen LogP contribution in [0.2, 0.25) is 0 Å². The van der Waals surface area contributed by atoms with Crippen LogP contribution in [0.25, 0.3) is 0 Å². The van der Waals surface area contributed by atoms with Crippen LogP contribution in [0.15, 0.2) is 36.4 Å². The third-order valence-electron chi connectivity index (χ3n) is 6.94. The number of hydrogen-bond acceptors (Lipinski definition) is 6. The van der Waals surface area contributed by atoms with Gasteiger partial charge in [-0.05, 0) is 52.0 Å². The lowest BCUT2D eigenvalue weighted by molar-refractivity contribution is -0.0673. The highest BCUT2D eigenvalue weighted by atomic mass is 31.2. The normalized spacial score (nSPS) is 23.5. The first-order valence-electron chi connectivity index (χ1n) is 14.7. The Bertz CT molecular complexity index is 1130. The largest absolute Gasteiger partial charge is 0.426 e. The summed E-state index contributed by atoms with van der Waals surface area (Å²) >= 11 is 0. The smallest absolute Gasteiger partial charge is 0.397 e. The second-order valence-electron chi connectivity index (χ2n) is 14.4. The maximum atomic E-state index is 6.28. The Morgan fingerprint density at radius 1 is 0.634 bits per heavy atom. The van der Waals surface area contributed by atoms with E-state index in [4.69, 9.17) is 27.1 Å². The minimum Gasteiger partial charge on any atom is -0.426 e. The summed E-state index contributed by atoms with van der Waals surface area (Å²) in [5, 5.41) is 0. The average molecular weight is 607 g/mol. The summed E-state index contributed by atoms with van der Waals surface area (Å²) in [4.78, 5) is 0. The molecule has 8 heteroatoms. The third kappa shape index (κ3) is 9.36. The molecule has 0 atom stereocenters. The van der Waals surface area contributed by atoms with Crippen LogP contribution in [0.4, 0.5) is 0 Å². The Labute approximate surface area is 251 Å². The number of aryl methyl sites for hydroxylation is 1. The van der Waals surface area contributed by atoms with Gasteiger partial charge in [0, 0.05) is 5.56 Å². The Balaban J connectivity index is 0.00000147. The zero-order valence-corrected chi connectivity index (χ0v) is 29.1. The van der Waals surface area contributed by atoms with Crippen LogP contribution in [0.1, 0.15) is 105 Å². The fourth-order valence-electron chi connectivity index (χ4n) is 4.23. The predicted octanol–water partition coefficient (Wildman–Crippen LogP) is 10.3. The number of benzene rings is 2. The Morgan fingerprint density at radius 3 is 1.41 bits per heavy atom. The van der Waals surface area contributed by atoms with Crippen molar-refractivity contribution in [2.24, 2.45) is 5.41 Å². The van der Waals surface area contributed by atoms with Crippen LogP contribution >= 0.6 is 17.2 Å². The van der Waals surface area contributed by atoms with Crippen molar-refractivity contribution in [1.29, 1.82) is 0 Å². The molecule has 1 spiro atoms. The van der Waals surface area contributed by atoms with Crippen LogP contribution in [0.5, 0.6) is 11.5 Å². The van der Waals surface area contributed by atoms with Crippen LogP contribution in [0, 0.1) is 12.3 Å². The van der Waals surface area contributed by atoms with Crippen molar-refractivity contribution in [2.45, 2.75) is 106 Å². The molecule has 0 amide bonds. The highest BCUT2D eigenvalue weighted by Gasteiger charge is 2.45. The second kappa shape index (κ2) is 13.6. The van der Waals surface area contributed by atoms with E-state index in [1.165, 1.54) is 17.5 Å². The topological polar surface area (TPSA) is 55.4 Å². The van der Waals surface area contributed by atoms with Crippen LogP contribution < -0.4 is 9.05 Å². The zero-order valence-electron chi connectivity index (χ0n) is 27.3. The molecular weight excluding hydrogens is 554 g/mol. The number of hydrogen-bond donors (Lipinski definition) is 0. The zero-order chi connectivity index (χ0) is 30.6. The van der Waals surface area contributed by atoms with Crippen molar-refractivity contribution in [3.63, 3.8) is 0 Å². The van der Waals surface area contributed by atoms with Gasteiger partial charge in [-0.15, -0.1) is 0 Å². The van der Waals surface area contributed by atoms with Gasteiger partial charge in [0.15, 0.2) is 0 Å². The van der Waals surface area contributed by atoms with E-state index in [2.05, 4.69) is 107 Å². The number of rotatable bonds is 4. The summed E-state index contributed by atoms with van der Waals surface area (Å²) in [6.45, 7) is 28.0. The molecule has 2 aromatic rings. The van der Waals surface area contributed by atoms with Gasteiger partial charge in [0.05, 0.1) is 31.8 Å². The monoisotopic (exact) mass is 606 g/mol. The van der Waals surface area contributed by atoms with Gasteiger partial charge in [0.1, 0.15) is 11.5 Å². The van der Waals surface area contributed by atoms with E-state index >= 15 is 0 Å². The molecule has 0 bridgehead atoms. The van der Waals surface area contributed by atoms with E-state index in [0.29, 0.717) is 26.4 Å². The lowest BCUT2D eigenvalue weighted by Gasteiger charge is -2.41. The SMILES string of the molecule is CCC.Cc1cc(C(C)(C)C)ccc1OP1OCC2(CO1)COP(Oc1ccc(C(C)(C)C)cc1C(C)(C)C)OC2. The minimum absolute atomic E-state index is 0.0623. The van der Waals surface area contributed by atoms with Crippen LogP contribution in [-0.2, 0) is 34.3 Å². The van der Waals surface area contributed by atoms with Gasteiger partial charge in [0.2, 0.25) is 0 Å². The molecule has 0 radical (unpaired) electrons. The summed E-state index contributed by atoms with van der Waals surface area (Å²) in [5.74, 6) is 1.61. The van der Waals surface area contributed by atoms with Crippen LogP contribution in [-0.4, -0.2) is 26.4 Å². The van der Waals surface area contributed by atoms with E-state index in [-0.39, 0.29) is 21.7 Å². The van der Waals surface area contributed by atoms with Gasteiger partial charge in [0.25, 0.3) is 0 Å². The molecule has 0 unspecified atom stereocenters. The molecule has 0 aliphatic carbocycles. The van der Waals surface area contributed by atoms with E-state index in [0.717, 1.165) is 22.6 Å². The fourth-order valence-corrected chi connectivity index (χ4v) is 6.79. The molecule has 2 saturated heterocycles. The molecule has 2 aliphatic heterocycles. The summed E-state index contributed by atoms with van der Waals surface area (Å²) < 4.78 is 36.6. The molecular formula is C33H52O6P2. The Hall–Kier alpha value is -1.26. The Kier molecular flexibility index (Phi) is 11.3. The molecule has 230 valence electrons. The molecule has 2 aromatic carbocycles.